The Morgan fingerprint density at radius 2 is 2.00 bits per heavy atom. The van der Waals surface area contributed by atoms with Crippen LogP contribution in [-0.4, -0.2) is 53.2 Å². The largest absolute Gasteiger partial charge is 0.352 e. The monoisotopic (exact) mass is 395 g/mol. The first-order chi connectivity index (χ1) is 11.3. The van der Waals surface area contributed by atoms with E-state index in [9.17, 15) is 0 Å². The lowest BCUT2D eigenvalue weighted by atomic mass is 10.4. The van der Waals surface area contributed by atoms with E-state index in [1.165, 1.54) is 5.69 Å². The van der Waals surface area contributed by atoms with Crippen LogP contribution in [-0.2, 0) is 27.2 Å². The molecule has 0 aromatic carbocycles. The molecule has 0 aliphatic heterocycles. The second kappa shape index (κ2) is 7.74. The molecule has 0 aliphatic rings. The van der Waals surface area contributed by atoms with Crippen molar-refractivity contribution in [2.75, 3.05) is 33.1 Å². The molecular weight excluding hydrogens is 370 g/mol. The van der Waals surface area contributed by atoms with Crippen molar-refractivity contribution in [3.05, 3.63) is 34.3 Å². The highest BCUT2D eigenvalue weighted by Crippen LogP contribution is 2.15. The van der Waals surface area contributed by atoms with Crippen molar-refractivity contribution < 1.29 is 0 Å². The summed E-state index contributed by atoms with van der Waals surface area (Å²) in [6.45, 7) is 1.45. The Labute approximate surface area is 152 Å². The maximum Gasteiger partial charge on any atom is 0.204 e. The summed E-state index contributed by atoms with van der Waals surface area (Å²) in [7, 11) is 11.9. The molecule has 2 aromatic rings. The fourth-order valence-corrected chi connectivity index (χ4v) is 3.18. The van der Waals surface area contributed by atoms with Crippen molar-refractivity contribution in [3.63, 3.8) is 0 Å². The zero-order chi connectivity index (χ0) is 17.9. The molecule has 132 valence electrons. The van der Waals surface area contributed by atoms with Gasteiger partial charge in [-0.15, -0.1) is 0 Å². The maximum absolute atomic E-state index is 4.43. The predicted octanol–water partition coefficient (Wildman–Crippen LogP) is 1.79. The number of aromatic nitrogens is 3. The van der Waals surface area contributed by atoms with Gasteiger partial charge in [-0.05, 0) is 22.0 Å². The minimum Gasteiger partial charge on any atom is -0.352 e. The molecule has 1 N–H and O–H groups in total. The van der Waals surface area contributed by atoms with Gasteiger partial charge in [0.25, 0.3) is 0 Å². The number of aliphatic imine (C=N–C) groups is 1. The van der Waals surface area contributed by atoms with E-state index in [0.717, 1.165) is 28.6 Å². The van der Waals surface area contributed by atoms with E-state index < -0.39 is 0 Å². The second-order valence-corrected chi connectivity index (χ2v) is 6.94. The average molecular weight is 396 g/mol. The van der Waals surface area contributed by atoms with Gasteiger partial charge in [-0.25, -0.2) is 4.98 Å². The molecule has 0 bridgehead atoms. The molecule has 2 heterocycles. The van der Waals surface area contributed by atoms with Gasteiger partial charge in [-0.3, -0.25) is 4.99 Å². The van der Waals surface area contributed by atoms with E-state index in [0.29, 0.717) is 6.54 Å². The molecule has 24 heavy (non-hydrogen) atoms. The third-order valence-corrected chi connectivity index (χ3v) is 4.37. The molecule has 7 nitrogen and oxygen atoms in total. The van der Waals surface area contributed by atoms with Crippen molar-refractivity contribution in [2.24, 2.45) is 19.1 Å². The average Bonchev–Trinajstić information content (AvgIpc) is 3.02. The Morgan fingerprint density at radius 1 is 1.29 bits per heavy atom. The van der Waals surface area contributed by atoms with Crippen molar-refractivity contribution in [1.29, 1.82) is 0 Å². The van der Waals surface area contributed by atoms with Crippen LogP contribution in [0.3, 0.4) is 0 Å². The van der Waals surface area contributed by atoms with E-state index in [2.05, 4.69) is 57.5 Å². The first-order valence-corrected chi connectivity index (χ1v) is 8.53. The van der Waals surface area contributed by atoms with Gasteiger partial charge in [-0.2, -0.15) is 0 Å². The zero-order valence-corrected chi connectivity index (χ0v) is 16.8. The summed E-state index contributed by atoms with van der Waals surface area (Å²) in [5, 5.41) is 3.40. The Bertz CT molecular complexity index is 714. The fraction of sp³-hybridized carbons (Fsp3) is 0.500. The van der Waals surface area contributed by atoms with Crippen molar-refractivity contribution in [1.82, 2.24) is 24.3 Å². The fourth-order valence-electron chi connectivity index (χ4n) is 2.61. The first kappa shape index (κ1) is 18.4. The molecule has 2 aromatic heterocycles. The van der Waals surface area contributed by atoms with Crippen LogP contribution < -0.4 is 10.2 Å². The summed E-state index contributed by atoms with van der Waals surface area (Å²) in [6.07, 6.45) is 3.95. The Morgan fingerprint density at radius 3 is 2.50 bits per heavy atom. The summed E-state index contributed by atoms with van der Waals surface area (Å²) in [5.74, 6) is 1.78. The van der Waals surface area contributed by atoms with Gasteiger partial charge in [0.15, 0.2) is 5.96 Å². The lowest BCUT2D eigenvalue weighted by Gasteiger charge is -2.22. The molecule has 0 amide bonds. The van der Waals surface area contributed by atoms with E-state index >= 15 is 0 Å². The molecule has 0 aliphatic carbocycles. The smallest absolute Gasteiger partial charge is 0.204 e. The summed E-state index contributed by atoms with van der Waals surface area (Å²) < 4.78 is 5.27. The number of anilines is 1. The van der Waals surface area contributed by atoms with Gasteiger partial charge >= 0.3 is 0 Å². The lowest BCUT2D eigenvalue weighted by Crippen LogP contribution is -2.38. The minimum atomic E-state index is 0.672. The van der Waals surface area contributed by atoms with Gasteiger partial charge < -0.3 is 24.3 Å². The number of hydrogen-bond donors (Lipinski definition) is 1. The molecule has 0 atom stereocenters. The van der Waals surface area contributed by atoms with Crippen LogP contribution in [0, 0.1) is 0 Å². The molecule has 2 rings (SSSR count). The van der Waals surface area contributed by atoms with Crippen LogP contribution in [0.4, 0.5) is 5.95 Å². The maximum atomic E-state index is 4.43. The predicted molar refractivity (Wildman–Crippen MR) is 102 cm³/mol. The van der Waals surface area contributed by atoms with Crippen LogP contribution in [0.25, 0.3) is 0 Å². The Balaban J connectivity index is 2.00. The van der Waals surface area contributed by atoms with Crippen LogP contribution in [0.2, 0.25) is 0 Å². The first-order valence-electron chi connectivity index (χ1n) is 7.74. The Kier molecular flexibility index (Phi) is 5.93. The molecular formula is C16H26BrN7. The van der Waals surface area contributed by atoms with Crippen molar-refractivity contribution in [2.45, 2.75) is 13.1 Å². The van der Waals surface area contributed by atoms with Gasteiger partial charge in [0, 0.05) is 58.6 Å². The molecule has 8 heteroatoms. The van der Waals surface area contributed by atoms with Crippen LogP contribution in [0.1, 0.15) is 11.4 Å². The van der Waals surface area contributed by atoms with Crippen LogP contribution in [0.5, 0.6) is 0 Å². The number of halogens is 1. The molecule has 0 fully saturated rings. The molecule has 0 radical (unpaired) electrons. The second-order valence-electron chi connectivity index (χ2n) is 6.02. The third-order valence-electron chi connectivity index (χ3n) is 3.93. The number of nitrogens with zero attached hydrogens (tertiary/aromatic N) is 6. The van der Waals surface area contributed by atoms with Gasteiger partial charge in [0.1, 0.15) is 0 Å². The number of aryl methyl sites for hydroxylation is 1. The highest BCUT2D eigenvalue weighted by atomic mass is 79.9. The van der Waals surface area contributed by atoms with E-state index in [4.69, 9.17) is 0 Å². The third kappa shape index (κ3) is 4.11. The molecule has 0 saturated carbocycles. The lowest BCUT2D eigenvalue weighted by molar-refractivity contribution is 0.460. The van der Waals surface area contributed by atoms with E-state index in [-0.39, 0.29) is 0 Å². The number of hydrogen-bond acceptors (Lipinski definition) is 3. The van der Waals surface area contributed by atoms with Gasteiger partial charge in [0.2, 0.25) is 5.95 Å². The standard InChI is InChI=1S/C16H26BrN7/c1-18-15(23(5)11-13-7-12(17)10-22(13)4)19-8-14-9-20-16(21(2)3)24(14)6/h7,9-10H,8,11H2,1-6H3,(H,18,19). The van der Waals surface area contributed by atoms with Crippen LogP contribution in [0.15, 0.2) is 27.9 Å². The van der Waals surface area contributed by atoms with Crippen molar-refractivity contribution in [3.8, 4) is 0 Å². The van der Waals surface area contributed by atoms with E-state index in [1.54, 1.807) is 7.05 Å². The normalized spacial score (nSPS) is 11.7. The van der Waals surface area contributed by atoms with Gasteiger partial charge in [0.05, 0.1) is 25.0 Å². The summed E-state index contributed by atoms with van der Waals surface area (Å²) in [4.78, 5) is 12.9. The SMILES string of the molecule is CN=C(NCc1cnc(N(C)C)n1C)N(C)Cc1cc(Br)cn1C. The quantitative estimate of drug-likeness (QED) is 0.619. The van der Waals surface area contributed by atoms with Crippen molar-refractivity contribution >= 4 is 27.8 Å². The topological polar surface area (TPSA) is 53.6 Å². The molecule has 0 saturated heterocycles. The minimum absolute atomic E-state index is 0.672. The summed E-state index contributed by atoms with van der Waals surface area (Å²) in [5.41, 5.74) is 2.32. The van der Waals surface area contributed by atoms with E-state index in [1.807, 2.05) is 46.3 Å². The van der Waals surface area contributed by atoms with Gasteiger partial charge in [-0.1, -0.05) is 0 Å². The summed E-state index contributed by atoms with van der Waals surface area (Å²) >= 11 is 3.51. The highest BCUT2D eigenvalue weighted by molar-refractivity contribution is 9.10. The number of guanidine groups is 1. The molecule has 0 spiro atoms. The zero-order valence-electron chi connectivity index (χ0n) is 15.2. The number of rotatable bonds is 5. The number of nitrogens with one attached hydrogen (secondary N) is 1. The Hall–Kier alpha value is -1.96. The number of imidazole rings is 1. The molecule has 0 unspecified atom stereocenters. The summed E-state index contributed by atoms with van der Waals surface area (Å²) in [6, 6.07) is 2.12. The van der Waals surface area contributed by atoms with Crippen LogP contribution >= 0.6 is 15.9 Å². The highest BCUT2D eigenvalue weighted by Gasteiger charge is 2.12.